The molecule has 0 unspecified atom stereocenters. The number of para-hydroxylation sites is 1. The van der Waals surface area contributed by atoms with Crippen molar-refractivity contribution >= 4 is 56.7 Å². The normalized spacial score (nSPS) is 10.9. The number of nitrogens with one attached hydrogen (secondary N) is 2. The van der Waals surface area contributed by atoms with Crippen molar-refractivity contribution < 1.29 is 60.5 Å². The smallest absolute Gasteiger partial charge is 0.488 e. The van der Waals surface area contributed by atoms with E-state index >= 15 is 0 Å². The van der Waals surface area contributed by atoms with Crippen molar-refractivity contribution in [2.24, 2.45) is 0 Å². The third-order valence-electron chi connectivity index (χ3n) is 6.67. The van der Waals surface area contributed by atoms with Crippen molar-refractivity contribution in [1.29, 1.82) is 0 Å². The molecule has 0 radical (unpaired) electrons. The summed E-state index contributed by atoms with van der Waals surface area (Å²) in [6.45, 7) is 1.22. The minimum Gasteiger partial charge on any atom is -0.488 e. The number of amides is 2. The second-order valence-corrected chi connectivity index (χ2v) is 12.5. The van der Waals surface area contributed by atoms with Crippen molar-refractivity contribution in [3.05, 3.63) is 100 Å². The molecule has 0 spiro atoms. The van der Waals surface area contributed by atoms with Crippen LogP contribution in [0.15, 0.2) is 83.6 Å². The highest BCUT2D eigenvalue weighted by molar-refractivity contribution is 7.14. The molecule has 0 atom stereocenters. The van der Waals surface area contributed by atoms with E-state index in [0.717, 1.165) is 28.1 Å². The lowest BCUT2D eigenvalue weighted by molar-refractivity contribution is -0.193. The molecule has 55 heavy (non-hydrogen) atoms. The van der Waals surface area contributed by atoms with Crippen LogP contribution in [-0.4, -0.2) is 69.4 Å². The molecule has 0 fully saturated rings. The first-order valence-corrected chi connectivity index (χ1v) is 17.1. The zero-order chi connectivity index (χ0) is 40.8. The van der Waals surface area contributed by atoms with Gasteiger partial charge in [0.05, 0.1) is 11.4 Å². The number of rotatable bonds is 11. The van der Waals surface area contributed by atoms with E-state index in [0.29, 0.717) is 53.3 Å². The average Bonchev–Trinajstić information content (AvgIpc) is 3.78. The fourth-order valence-corrected chi connectivity index (χ4v) is 5.17. The van der Waals surface area contributed by atoms with Gasteiger partial charge in [0.25, 0.3) is 11.8 Å². The number of alkyl halides is 6. The van der Waals surface area contributed by atoms with E-state index in [9.17, 15) is 35.9 Å². The Kier molecular flexibility index (Phi) is 15.5. The highest BCUT2D eigenvalue weighted by Crippen LogP contribution is 2.32. The lowest BCUT2D eigenvalue weighted by atomic mass is 10.1. The predicted octanol–water partition coefficient (Wildman–Crippen LogP) is 6.49. The van der Waals surface area contributed by atoms with Crippen LogP contribution in [0.4, 0.5) is 36.6 Å². The maximum absolute atomic E-state index is 12.5. The number of hydrogen-bond donors (Lipinski definition) is 6. The molecule has 0 bridgehead atoms. The van der Waals surface area contributed by atoms with Crippen molar-refractivity contribution in [1.82, 2.24) is 20.6 Å². The Balaban J connectivity index is 0.000000494. The number of carbonyl (C=O) groups is 4. The van der Waals surface area contributed by atoms with Crippen molar-refractivity contribution in [2.45, 2.75) is 25.4 Å². The Labute approximate surface area is 315 Å². The standard InChI is InChI=1S/C30H28N6O3S2.2C2HF3O2/c31-29-35-24(17-40-29)20-10-12-22(13-11-20)28(38)34-15-3-14-33-27(37)21-8-6-19(7-9-21)16-39-26-5-2-1-4-23(26)25-18-41-30(32)36-25;2*3-2(4,5)1(6)7/h1-2,4-13,17-18H,3,14-16H2,(H2,31,35)(H2,32,36)(H,33,37)(H,34,38);2*(H,6,7). The van der Waals surface area contributed by atoms with Crippen LogP contribution >= 0.6 is 22.7 Å². The van der Waals surface area contributed by atoms with Gasteiger partial charge in [0, 0.05) is 46.1 Å². The van der Waals surface area contributed by atoms with Crippen molar-refractivity contribution in [2.75, 3.05) is 24.6 Å². The second-order valence-electron chi connectivity index (χ2n) is 10.7. The Hall–Kier alpha value is -6.22. The lowest BCUT2D eigenvalue weighted by Crippen LogP contribution is -2.29. The van der Waals surface area contributed by atoms with Crippen LogP contribution in [0.2, 0.25) is 0 Å². The van der Waals surface area contributed by atoms with E-state index < -0.39 is 24.3 Å². The molecule has 13 nitrogen and oxygen atoms in total. The van der Waals surface area contributed by atoms with E-state index in [1.54, 1.807) is 24.3 Å². The average molecular weight is 813 g/mol. The number of nitrogens with two attached hydrogens (primary N) is 2. The zero-order valence-electron chi connectivity index (χ0n) is 28.0. The summed E-state index contributed by atoms with van der Waals surface area (Å²) < 4.78 is 69.5. The van der Waals surface area contributed by atoms with Gasteiger partial charge in [0.2, 0.25) is 0 Å². The molecular formula is C34H30F6N6O7S2. The number of carboxylic acids is 2. The van der Waals surface area contributed by atoms with Crippen LogP contribution in [0.25, 0.3) is 22.5 Å². The van der Waals surface area contributed by atoms with Gasteiger partial charge in [-0.25, -0.2) is 19.6 Å². The fourth-order valence-electron chi connectivity index (χ4n) is 4.04. The van der Waals surface area contributed by atoms with Gasteiger partial charge >= 0.3 is 24.3 Å². The zero-order valence-corrected chi connectivity index (χ0v) is 29.6. The minimum atomic E-state index is -5.08. The molecule has 0 saturated carbocycles. The molecule has 21 heteroatoms. The Morgan fingerprint density at radius 1 is 0.673 bits per heavy atom. The molecule has 0 aliphatic rings. The van der Waals surface area contributed by atoms with E-state index in [4.69, 9.17) is 36.0 Å². The van der Waals surface area contributed by atoms with Gasteiger partial charge in [0.15, 0.2) is 10.3 Å². The molecule has 5 aromatic rings. The number of anilines is 2. The van der Waals surface area contributed by atoms with Crippen molar-refractivity contribution in [3.8, 4) is 28.3 Å². The number of halogens is 6. The first-order chi connectivity index (χ1) is 25.8. The molecule has 2 amide bonds. The van der Waals surface area contributed by atoms with Gasteiger partial charge in [-0.2, -0.15) is 26.3 Å². The maximum atomic E-state index is 12.5. The first kappa shape index (κ1) is 43.2. The van der Waals surface area contributed by atoms with Crippen LogP contribution in [0.3, 0.4) is 0 Å². The number of aromatic nitrogens is 2. The molecule has 2 aromatic heterocycles. The summed E-state index contributed by atoms with van der Waals surface area (Å²) in [6.07, 6.45) is -9.57. The number of benzene rings is 3. The highest BCUT2D eigenvalue weighted by Gasteiger charge is 2.38. The summed E-state index contributed by atoms with van der Waals surface area (Å²) in [5.74, 6) is -5.14. The van der Waals surface area contributed by atoms with Gasteiger partial charge < -0.3 is 37.1 Å². The number of hydrogen-bond acceptors (Lipinski definition) is 11. The van der Waals surface area contributed by atoms with Crippen LogP contribution in [0.5, 0.6) is 5.75 Å². The van der Waals surface area contributed by atoms with Crippen LogP contribution in [0.1, 0.15) is 32.7 Å². The molecule has 3 aromatic carbocycles. The number of aliphatic carboxylic acids is 2. The number of nitrogen functional groups attached to an aromatic ring is 2. The molecule has 292 valence electrons. The number of ether oxygens (including phenoxy) is 1. The third-order valence-corrected chi connectivity index (χ3v) is 8.02. The van der Waals surface area contributed by atoms with Crippen LogP contribution in [-0.2, 0) is 16.2 Å². The van der Waals surface area contributed by atoms with Crippen LogP contribution in [0, 0.1) is 0 Å². The Bertz CT molecular complexity index is 2030. The van der Waals surface area contributed by atoms with Gasteiger partial charge in [0.1, 0.15) is 12.4 Å². The molecule has 0 aliphatic carbocycles. The topological polar surface area (TPSA) is 220 Å². The summed E-state index contributed by atoms with van der Waals surface area (Å²) in [5, 5.41) is 24.8. The summed E-state index contributed by atoms with van der Waals surface area (Å²) in [7, 11) is 0. The second kappa shape index (κ2) is 19.7. The number of carbonyl (C=O) groups excluding carboxylic acids is 2. The third kappa shape index (κ3) is 14.3. The van der Waals surface area contributed by atoms with E-state index in [1.807, 2.05) is 59.3 Å². The highest BCUT2D eigenvalue weighted by atomic mass is 32.1. The summed E-state index contributed by atoms with van der Waals surface area (Å²) in [4.78, 5) is 51.4. The van der Waals surface area contributed by atoms with E-state index in [-0.39, 0.29) is 11.8 Å². The van der Waals surface area contributed by atoms with E-state index in [1.165, 1.54) is 22.7 Å². The summed E-state index contributed by atoms with van der Waals surface area (Å²) in [5.41, 5.74) is 16.9. The molecule has 5 rings (SSSR count). The minimum absolute atomic E-state index is 0.170. The van der Waals surface area contributed by atoms with Gasteiger partial charge in [-0.05, 0) is 48.4 Å². The van der Waals surface area contributed by atoms with Gasteiger partial charge in [-0.15, -0.1) is 22.7 Å². The lowest BCUT2D eigenvalue weighted by Gasteiger charge is -2.11. The van der Waals surface area contributed by atoms with E-state index in [2.05, 4.69) is 20.6 Å². The quantitative estimate of drug-likeness (QED) is 0.0625. The van der Waals surface area contributed by atoms with Crippen LogP contribution < -0.4 is 26.8 Å². The fraction of sp³-hybridized carbons (Fsp3) is 0.176. The molecule has 0 aliphatic heterocycles. The SMILES string of the molecule is Nc1nc(-c2ccc(C(=O)NCCCNC(=O)c3ccc(COc4ccccc4-c4csc(N)n4)cc3)cc2)cs1.O=C(O)C(F)(F)F.O=C(O)C(F)(F)F. The van der Waals surface area contributed by atoms with Crippen molar-refractivity contribution in [3.63, 3.8) is 0 Å². The first-order valence-electron chi connectivity index (χ1n) is 15.3. The Morgan fingerprint density at radius 2 is 1.11 bits per heavy atom. The molecule has 8 N–H and O–H groups in total. The summed E-state index contributed by atoms with van der Waals surface area (Å²) in [6, 6.07) is 22.2. The number of thiazole rings is 2. The van der Waals surface area contributed by atoms with Gasteiger partial charge in [-0.3, -0.25) is 9.59 Å². The molecular weight excluding hydrogens is 783 g/mol. The largest absolute Gasteiger partial charge is 0.490 e. The monoisotopic (exact) mass is 812 g/mol. The number of nitrogens with zero attached hydrogens (tertiary/aromatic N) is 2. The van der Waals surface area contributed by atoms with Gasteiger partial charge in [-0.1, -0.05) is 36.4 Å². The summed E-state index contributed by atoms with van der Waals surface area (Å²) >= 11 is 2.76. The maximum Gasteiger partial charge on any atom is 0.490 e. The predicted molar refractivity (Wildman–Crippen MR) is 191 cm³/mol. The molecule has 0 saturated heterocycles. The Morgan fingerprint density at radius 3 is 1.55 bits per heavy atom. The number of carboxylic acid groups (broad SMARTS) is 2. The molecule has 2 heterocycles.